The Labute approximate surface area is 151 Å². The van der Waals surface area contributed by atoms with Crippen molar-refractivity contribution >= 4 is 17.6 Å². The zero-order chi connectivity index (χ0) is 17.6. The zero-order valence-electron chi connectivity index (χ0n) is 15.4. The first kappa shape index (κ1) is 19.1. The van der Waals surface area contributed by atoms with Crippen molar-refractivity contribution in [2.45, 2.75) is 38.6 Å². The van der Waals surface area contributed by atoms with Gasteiger partial charge in [-0.25, -0.2) is 0 Å². The number of aliphatic imine (C=N–C) groups is 1. The Morgan fingerprint density at radius 1 is 1.46 bits per heavy atom. The summed E-state index contributed by atoms with van der Waals surface area (Å²) < 4.78 is 7.38. The summed E-state index contributed by atoms with van der Waals surface area (Å²) in [6, 6.07) is 2.00. The average molecular weight is 355 g/mol. The molecule has 1 saturated carbocycles. The van der Waals surface area contributed by atoms with Crippen LogP contribution in [-0.4, -0.2) is 49.8 Å². The maximum Gasteiger partial charge on any atom is 0.193 e. The molecule has 1 aliphatic rings. The van der Waals surface area contributed by atoms with Crippen LogP contribution in [0.15, 0.2) is 17.3 Å². The fourth-order valence-electron chi connectivity index (χ4n) is 3.65. The van der Waals surface area contributed by atoms with E-state index >= 15 is 0 Å². The zero-order valence-corrected chi connectivity index (χ0v) is 16.2. The Morgan fingerprint density at radius 3 is 2.71 bits per heavy atom. The Bertz CT molecular complexity index is 549. The summed E-state index contributed by atoms with van der Waals surface area (Å²) >= 11 is 6.08. The molecule has 136 valence electrons. The molecule has 0 unspecified atom stereocenters. The van der Waals surface area contributed by atoms with Crippen molar-refractivity contribution < 1.29 is 4.74 Å². The van der Waals surface area contributed by atoms with Crippen molar-refractivity contribution in [1.82, 2.24) is 14.8 Å². The number of ether oxygens (including phenoxy) is 1. The Kier molecular flexibility index (Phi) is 6.99. The minimum atomic E-state index is 0.348. The predicted molar refractivity (Wildman–Crippen MR) is 101 cm³/mol. The molecule has 1 aromatic heterocycles. The lowest BCUT2D eigenvalue weighted by molar-refractivity contribution is 0.138. The van der Waals surface area contributed by atoms with Gasteiger partial charge < -0.3 is 19.5 Å². The van der Waals surface area contributed by atoms with Crippen LogP contribution < -0.4 is 5.32 Å². The highest BCUT2D eigenvalue weighted by Crippen LogP contribution is 2.40. The summed E-state index contributed by atoms with van der Waals surface area (Å²) in [6.45, 7) is 2.56. The van der Waals surface area contributed by atoms with Crippen molar-refractivity contribution in [2.24, 2.45) is 17.5 Å². The standard InChI is InChI=1S/C18H31ClN4O/c1-20-17(23(3)13-16-11-15(19)12-22(16)2)21-14-18(9-10-24-4)7-5-6-8-18/h11-12H,5-10,13-14H2,1-4H3,(H,20,21). The van der Waals surface area contributed by atoms with E-state index in [9.17, 15) is 0 Å². The molecular formula is C18H31ClN4O. The highest BCUT2D eigenvalue weighted by atomic mass is 35.5. The molecule has 0 amide bonds. The van der Waals surface area contributed by atoms with Crippen molar-refractivity contribution in [3.05, 3.63) is 23.0 Å². The number of rotatable bonds is 7. The van der Waals surface area contributed by atoms with E-state index < -0.39 is 0 Å². The van der Waals surface area contributed by atoms with Gasteiger partial charge >= 0.3 is 0 Å². The van der Waals surface area contributed by atoms with Gasteiger partial charge in [0.05, 0.1) is 11.6 Å². The molecule has 2 rings (SSSR count). The monoisotopic (exact) mass is 354 g/mol. The smallest absolute Gasteiger partial charge is 0.193 e. The molecule has 24 heavy (non-hydrogen) atoms. The third-order valence-electron chi connectivity index (χ3n) is 5.17. The van der Waals surface area contributed by atoms with Gasteiger partial charge in [-0.3, -0.25) is 4.99 Å². The second-order valence-corrected chi connectivity index (χ2v) is 7.40. The minimum Gasteiger partial charge on any atom is -0.385 e. The molecular weight excluding hydrogens is 324 g/mol. The fourth-order valence-corrected chi connectivity index (χ4v) is 3.92. The highest BCUT2D eigenvalue weighted by Gasteiger charge is 2.33. The summed E-state index contributed by atoms with van der Waals surface area (Å²) in [5, 5.41) is 4.36. The third kappa shape index (κ3) is 4.90. The Morgan fingerprint density at radius 2 is 2.17 bits per heavy atom. The van der Waals surface area contributed by atoms with E-state index in [1.165, 1.54) is 31.4 Å². The van der Waals surface area contributed by atoms with E-state index in [2.05, 4.69) is 26.8 Å². The lowest BCUT2D eigenvalue weighted by atomic mass is 9.83. The number of aryl methyl sites for hydroxylation is 1. The molecule has 1 heterocycles. The van der Waals surface area contributed by atoms with Crippen molar-refractivity contribution in [1.29, 1.82) is 0 Å². The average Bonchev–Trinajstić information content (AvgIpc) is 3.13. The van der Waals surface area contributed by atoms with Gasteiger partial charge in [-0.05, 0) is 30.7 Å². The van der Waals surface area contributed by atoms with E-state index in [1.54, 1.807) is 7.11 Å². The number of aromatic nitrogens is 1. The minimum absolute atomic E-state index is 0.348. The van der Waals surface area contributed by atoms with E-state index in [0.717, 1.165) is 37.1 Å². The molecule has 1 aromatic rings. The van der Waals surface area contributed by atoms with Gasteiger partial charge in [0.1, 0.15) is 0 Å². The maximum atomic E-state index is 6.08. The van der Waals surface area contributed by atoms with Crippen LogP contribution in [0.5, 0.6) is 0 Å². The Balaban J connectivity index is 1.94. The van der Waals surface area contributed by atoms with Gasteiger partial charge in [-0.2, -0.15) is 0 Å². The van der Waals surface area contributed by atoms with E-state index in [0.29, 0.717) is 5.41 Å². The Hall–Kier alpha value is -1.20. The largest absolute Gasteiger partial charge is 0.385 e. The normalized spacial score (nSPS) is 17.3. The molecule has 0 radical (unpaired) electrons. The molecule has 0 spiro atoms. The first-order chi connectivity index (χ1) is 11.5. The summed E-state index contributed by atoms with van der Waals surface area (Å²) in [4.78, 5) is 6.59. The number of nitrogens with one attached hydrogen (secondary N) is 1. The van der Waals surface area contributed by atoms with Crippen LogP contribution >= 0.6 is 11.6 Å². The number of guanidine groups is 1. The molecule has 6 heteroatoms. The molecule has 0 aliphatic heterocycles. The fraction of sp³-hybridized carbons (Fsp3) is 0.722. The van der Waals surface area contributed by atoms with Crippen LogP contribution in [0.2, 0.25) is 5.02 Å². The number of hydrogen-bond donors (Lipinski definition) is 1. The second-order valence-electron chi connectivity index (χ2n) is 6.97. The van der Waals surface area contributed by atoms with Gasteiger partial charge in [-0.1, -0.05) is 24.4 Å². The molecule has 5 nitrogen and oxygen atoms in total. The first-order valence-corrected chi connectivity index (χ1v) is 9.09. The first-order valence-electron chi connectivity index (χ1n) is 8.71. The maximum absolute atomic E-state index is 6.08. The lowest BCUT2D eigenvalue weighted by Gasteiger charge is -2.31. The number of halogens is 1. The van der Waals surface area contributed by atoms with Crippen LogP contribution in [0.1, 0.15) is 37.8 Å². The van der Waals surface area contributed by atoms with Crippen LogP contribution in [0, 0.1) is 5.41 Å². The summed E-state index contributed by atoms with van der Waals surface area (Å²) in [5.41, 5.74) is 1.52. The van der Waals surface area contributed by atoms with E-state index in [-0.39, 0.29) is 0 Å². The van der Waals surface area contributed by atoms with E-state index in [1.807, 2.05) is 26.4 Å². The van der Waals surface area contributed by atoms with Crippen molar-refractivity contribution in [3.8, 4) is 0 Å². The molecule has 1 aliphatic carbocycles. The predicted octanol–water partition coefficient (Wildman–Crippen LogP) is 3.28. The molecule has 1 N–H and O–H groups in total. The molecule has 0 bridgehead atoms. The van der Waals surface area contributed by atoms with Crippen LogP contribution in [0.25, 0.3) is 0 Å². The molecule has 0 aromatic carbocycles. The van der Waals surface area contributed by atoms with E-state index in [4.69, 9.17) is 16.3 Å². The molecule has 1 fully saturated rings. The van der Waals surface area contributed by atoms with Gasteiger partial charge in [0.2, 0.25) is 0 Å². The second kappa shape index (κ2) is 8.77. The van der Waals surface area contributed by atoms with Crippen LogP contribution in [0.4, 0.5) is 0 Å². The quantitative estimate of drug-likeness (QED) is 0.603. The van der Waals surface area contributed by atoms with Crippen molar-refractivity contribution in [2.75, 3.05) is 34.4 Å². The number of methoxy groups -OCH3 is 1. The summed E-state index contributed by atoms with van der Waals surface area (Å²) in [6.07, 6.45) is 8.24. The molecule has 0 saturated heterocycles. The summed E-state index contributed by atoms with van der Waals surface area (Å²) in [5.74, 6) is 0.927. The van der Waals surface area contributed by atoms with Crippen molar-refractivity contribution in [3.63, 3.8) is 0 Å². The number of hydrogen-bond acceptors (Lipinski definition) is 2. The lowest BCUT2D eigenvalue weighted by Crippen LogP contribution is -2.44. The van der Waals surface area contributed by atoms with Crippen LogP contribution in [0.3, 0.4) is 0 Å². The molecule has 0 atom stereocenters. The highest BCUT2D eigenvalue weighted by molar-refractivity contribution is 6.30. The summed E-state index contributed by atoms with van der Waals surface area (Å²) in [7, 11) is 7.71. The topological polar surface area (TPSA) is 41.8 Å². The van der Waals surface area contributed by atoms with Gasteiger partial charge in [0.25, 0.3) is 0 Å². The van der Waals surface area contributed by atoms with Gasteiger partial charge in [0.15, 0.2) is 5.96 Å². The SMILES string of the molecule is CN=C(NCC1(CCOC)CCCC1)N(C)Cc1cc(Cl)cn1C. The third-order valence-corrected chi connectivity index (χ3v) is 5.38. The van der Waals surface area contributed by atoms with Gasteiger partial charge in [-0.15, -0.1) is 0 Å². The van der Waals surface area contributed by atoms with Gasteiger partial charge in [0, 0.05) is 53.3 Å². The van der Waals surface area contributed by atoms with Crippen LogP contribution in [-0.2, 0) is 18.3 Å². The number of nitrogens with zero attached hydrogens (tertiary/aromatic N) is 3.